The maximum Gasteiger partial charge on any atom is 0.259 e. The Kier molecular flexibility index (Phi) is 4.60. The summed E-state index contributed by atoms with van der Waals surface area (Å²) in [6, 6.07) is 11.1. The Morgan fingerprint density at radius 1 is 1.26 bits per heavy atom. The molecule has 2 aromatic rings. The molecule has 0 saturated carbocycles. The van der Waals surface area contributed by atoms with Gasteiger partial charge in [0.1, 0.15) is 0 Å². The van der Waals surface area contributed by atoms with Crippen LogP contribution in [0.25, 0.3) is 0 Å². The molecule has 0 atom stereocenters. The zero-order valence-corrected chi connectivity index (χ0v) is 11.0. The van der Waals surface area contributed by atoms with Crippen LogP contribution in [0.5, 0.6) is 0 Å². The minimum absolute atomic E-state index is 0.0704. The fourth-order valence-corrected chi connectivity index (χ4v) is 1.99. The van der Waals surface area contributed by atoms with Crippen molar-refractivity contribution in [3.05, 3.63) is 59.0 Å². The molecule has 0 aliphatic heterocycles. The summed E-state index contributed by atoms with van der Waals surface area (Å²) >= 11 is 5.81. The molecule has 1 aromatic carbocycles. The van der Waals surface area contributed by atoms with E-state index in [1.807, 2.05) is 30.3 Å². The van der Waals surface area contributed by atoms with Crippen LogP contribution >= 0.6 is 11.6 Å². The van der Waals surface area contributed by atoms with Gasteiger partial charge < -0.3 is 14.4 Å². The number of hydrogen-bond acceptors (Lipinski definition) is 3. The van der Waals surface area contributed by atoms with Crippen molar-refractivity contribution in [2.24, 2.45) is 0 Å². The molecule has 4 nitrogen and oxygen atoms in total. The van der Waals surface area contributed by atoms with Crippen LogP contribution in [-0.4, -0.2) is 29.1 Å². The molecule has 2 rings (SSSR count). The Bertz CT molecular complexity index is 539. The Labute approximate surface area is 116 Å². The first kappa shape index (κ1) is 13.6. The zero-order chi connectivity index (χ0) is 13.7. The number of rotatable bonds is 5. The fraction of sp³-hybridized carbons (Fsp3) is 0.214. The molecular weight excluding hydrogens is 266 g/mol. The highest BCUT2D eigenvalue weighted by molar-refractivity contribution is 6.32. The Morgan fingerprint density at radius 2 is 2.00 bits per heavy atom. The Balaban J connectivity index is 2.16. The lowest BCUT2D eigenvalue weighted by Crippen LogP contribution is -2.33. The van der Waals surface area contributed by atoms with E-state index in [1.54, 1.807) is 0 Å². The molecule has 19 heavy (non-hydrogen) atoms. The molecule has 0 saturated heterocycles. The predicted molar refractivity (Wildman–Crippen MR) is 72.0 cm³/mol. The first-order valence-corrected chi connectivity index (χ1v) is 6.27. The number of benzene rings is 1. The largest absolute Gasteiger partial charge is 0.452 e. The summed E-state index contributed by atoms with van der Waals surface area (Å²) in [6.45, 7) is 0.561. The summed E-state index contributed by atoms with van der Waals surface area (Å²) in [4.78, 5) is 13.8. The fourth-order valence-electron chi connectivity index (χ4n) is 1.79. The number of aliphatic hydroxyl groups excluding tert-OH is 1. The Hall–Kier alpha value is -1.78. The molecule has 0 radical (unpaired) electrons. The van der Waals surface area contributed by atoms with Gasteiger partial charge in [0.15, 0.2) is 0 Å². The van der Waals surface area contributed by atoms with Gasteiger partial charge in [0.25, 0.3) is 5.91 Å². The summed E-state index contributed by atoms with van der Waals surface area (Å²) in [5.41, 5.74) is 1.30. The van der Waals surface area contributed by atoms with Crippen LogP contribution in [0.15, 0.2) is 47.1 Å². The standard InChI is InChI=1S/C14H14ClNO3/c15-13-12(6-9-19-13)14(18)16(7-8-17)10-11-4-2-1-3-5-11/h1-6,9,17H,7-8,10H2. The predicted octanol–water partition coefficient (Wildman–Crippen LogP) is 2.57. The average Bonchev–Trinajstić information content (AvgIpc) is 2.85. The van der Waals surface area contributed by atoms with Crippen LogP contribution in [0.3, 0.4) is 0 Å². The van der Waals surface area contributed by atoms with Gasteiger partial charge in [-0.3, -0.25) is 4.79 Å². The van der Waals surface area contributed by atoms with E-state index in [-0.39, 0.29) is 24.3 Å². The van der Waals surface area contributed by atoms with Crippen molar-refractivity contribution < 1.29 is 14.3 Å². The monoisotopic (exact) mass is 279 g/mol. The summed E-state index contributed by atoms with van der Waals surface area (Å²) in [7, 11) is 0. The van der Waals surface area contributed by atoms with Gasteiger partial charge in [-0.25, -0.2) is 0 Å². The molecule has 0 spiro atoms. The van der Waals surface area contributed by atoms with Gasteiger partial charge in [-0.05, 0) is 23.2 Å². The van der Waals surface area contributed by atoms with Crippen LogP contribution in [0.1, 0.15) is 15.9 Å². The highest BCUT2D eigenvalue weighted by Crippen LogP contribution is 2.19. The molecule has 0 bridgehead atoms. The second-order valence-electron chi connectivity index (χ2n) is 4.04. The van der Waals surface area contributed by atoms with E-state index in [0.29, 0.717) is 12.1 Å². The third-order valence-corrected chi connectivity index (χ3v) is 3.01. The van der Waals surface area contributed by atoms with E-state index in [4.69, 9.17) is 21.1 Å². The lowest BCUT2D eigenvalue weighted by Gasteiger charge is -2.21. The lowest BCUT2D eigenvalue weighted by molar-refractivity contribution is 0.0707. The molecule has 1 amide bonds. The van der Waals surface area contributed by atoms with E-state index in [1.165, 1.54) is 17.2 Å². The molecule has 5 heteroatoms. The molecule has 100 valence electrons. The molecule has 0 unspecified atom stereocenters. The van der Waals surface area contributed by atoms with Gasteiger partial charge in [-0.1, -0.05) is 30.3 Å². The van der Waals surface area contributed by atoms with Crippen molar-refractivity contribution in [3.63, 3.8) is 0 Å². The second kappa shape index (κ2) is 6.41. The quantitative estimate of drug-likeness (QED) is 0.915. The lowest BCUT2D eigenvalue weighted by atomic mass is 10.2. The van der Waals surface area contributed by atoms with E-state index in [9.17, 15) is 4.79 Å². The normalized spacial score (nSPS) is 10.4. The second-order valence-corrected chi connectivity index (χ2v) is 4.39. The van der Waals surface area contributed by atoms with E-state index < -0.39 is 0 Å². The molecule has 1 heterocycles. The van der Waals surface area contributed by atoms with Crippen LogP contribution < -0.4 is 0 Å². The first-order valence-electron chi connectivity index (χ1n) is 5.89. The number of nitrogens with zero attached hydrogens (tertiary/aromatic N) is 1. The van der Waals surface area contributed by atoms with Crippen LogP contribution in [0.4, 0.5) is 0 Å². The van der Waals surface area contributed by atoms with Crippen molar-refractivity contribution in [3.8, 4) is 0 Å². The van der Waals surface area contributed by atoms with Gasteiger partial charge in [0.2, 0.25) is 5.22 Å². The van der Waals surface area contributed by atoms with Crippen molar-refractivity contribution in [2.45, 2.75) is 6.54 Å². The van der Waals surface area contributed by atoms with Gasteiger partial charge in [0.05, 0.1) is 18.4 Å². The molecule has 1 N–H and O–H groups in total. The maximum atomic E-state index is 12.3. The van der Waals surface area contributed by atoms with Gasteiger partial charge >= 0.3 is 0 Å². The molecule has 1 aromatic heterocycles. The SMILES string of the molecule is O=C(c1ccoc1Cl)N(CCO)Cc1ccccc1. The molecular formula is C14H14ClNO3. The van der Waals surface area contributed by atoms with E-state index in [2.05, 4.69) is 0 Å². The summed E-state index contributed by atoms with van der Waals surface area (Å²) in [6.07, 6.45) is 1.37. The van der Waals surface area contributed by atoms with Crippen LogP contribution in [0, 0.1) is 0 Å². The van der Waals surface area contributed by atoms with Gasteiger partial charge in [-0.15, -0.1) is 0 Å². The number of carbonyl (C=O) groups excluding carboxylic acids is 1. The third kappa shape index (κ3) is 3.36. The zero-order valence-electron chi connectivity index (χ0n) is 10.3. The number of halogens is 1. The smallest absolute Gasteiger partial charge is 0.259 e. The highest BCUT2D eigenvalue weighted by atomic mass is 35.5. The molecule has 0 aliphatic carbocycles. The first-order chi connectivity index (χ1) is 9.22. The van der Waals surface area contributed by atoms with E-state index >= 15 is 0 Å². The van der Waals surface area contributed by atoms with Crippen molar-refractivity contribution >= 4 is 17.5 Å². The number of furan rings is 1. The summed E-state index contributed by atoms with van der Waals surface area (Å²) in [5.74, 6) is -0.253. The number of hydrogen-bond donors (Lipinski definition) is 1. The number of carbonyl (C=O) groups is 1. The average molecular weight is 280 g/mol. The van der Waals surface area contributed by atoms with Crippen molar-refractivity contribution in [1.29, 1.82) is 0 Å². The highest BCUT2D eigenvalue weighted by Gasteiger charge is 2.20. The maximum absolute atomic E-state index is 12.3. The third-order valence-electron chi connectivity index (χ3n) is 2.72. The van der Waals surface area contributed by atoms with Crippen LogP contribution in [-0.2, 0) is 6.54 Å². The summed E-state index contributed by atoms with van der Waals surface area (Å²) in [5, 5.41) is 9.15. The minimum Gasteiger partial charge on any atom is -0.452 e. The summed E-state index contributed by atoms with van der Waals surface area (Å²) < 4.78 is 4.92. The Morgan fingerprint density at radius 3 is 2.58 bits per heavy atom. The minimum atomic E-state index is -0.253. The van der Waals surface area contributed by atoms with Gasteiger partial charge in [0, 0.05) is 13.1 Å². The molecule has 0 fully saturated rings. The van der Waals surface area contributed by atoms with Crippen LogP contribution in [0.2, 0.25) is 5.22 Å². The number of aliphatic hydroxyl groups is 1. The van der Waals surface area contributed by atoms with E-state index in [0.717, 1.165) is 5.56 Å². The van der Waals surface area contributed by atoms with Crippen molar-refractivity contribution in [1.82, 2.24) is 4.90 Å². The van der Waals surface area contributed by atoms with Crippen molar-refractivity contribution in [2.75, 3.05) is 13.2 Å². The molecule has 0 aliphatic rings. The van der Waals surface area contributed by atoms with Gasteiger partial charge in [-0.2, -0.15) is 0 Å². The topological polar surface area (TPSA) is 53.7 Å². The number of amides is 1.